The summed E-state index contributed by atoms with van der Waals surface area (Å²) < 4.78 is 1.94. The number of hydrogen-bond acceptors (Lipinski definition) is 4. The molecule has 7 nitrogen and oxygen atoms in total. The second-order valence-corrected chi connectivity index (χ2v) is 7.65. The largest absolute Gasteiger partial charge is 0.333 e. The molecule has 1 aromatic carbocycles. The van der Waals surface area contributed by atoms with E-state index in [1.807, 2.05) is 18.5 Å². The number of likely N-dealkylation sites (tertiary alicyclic amines) is 1. The third-order valence-corrected chi connectivity index (χ3v) is 5.28. The van der Waals surface area contributed by atoms with Crippen LogP contribution < -0.4 is 5.43 Å². The first kappa shape index (κ1) is 20.8. The second kappa shape index (κ2) is 9.49. The summed E-state index contributed by atoms with van der Waals surface area (Å²) in [5.41, 5.74) is 7.69. The SMILES string of the molecule is Cc1ccc(Cn2nc(C)c(/C=N\NC(=O)CN3CCCCCC3=O)c2C)cc1. The summed E-state index contributed by atoms with van der Waals surface area (Å²) in [6.45, 7) is 7.37. The number of nitrogens with one attached hydrogen (secondary N) is 1. The van der Waals surface area contributed by atoms with E-state index in [0.717, 1.165) is 36.2 Å². The highest BCUT2D eigenvalue weighted by Crippen LogP contribution is 2.14. The minimum atomic E-state index is -0.279. The van der Waals surface area contributed by atoms with Gasteiger partial charge in [-0.3, -0.25) is 14.3 Å². The molecule has 1 aliphatic heterocycles. The van der Waals surface area contributed by atoms with E-state index in [9.17, 15) is 9.59 Å². The summed E-state index contributed by atoms with van der Waals surface area (Å²) in [4.78, 5) is 25.8. The Bertz CT molecular complexity index is 899. The van der Waals surface area contributed by atoms with E-state index in [1.54, 1.807) is 11.1 Å². The number of hydrogen-bond donors (Lipinski definition) is 1. The predicted molar refractivity (Wildman–Crippen MR) is 113 cm³/mol. The summed E-state index contributed by atoms with van der Waals surface area (Å²) in [5.74, 6) is -0.232. The molecule has 1 fully saturated rings. The van der Waals surface area contributed by atoms with Crippen LogP contribution in [-0.2, 0) is 16.1 Å². The summed E-state index contributed by atoms with van der Waals surface area (Å²) >= 11 is 0. The highest BCUT2D eigenvalue weighted by molar-refractivity contribution is 5.87. The van der Waals surface area contributed by atoms with Crippen LogP contribution >= 0.6 is 0 Å². The van der Waals surface area contributed by atoms with Crippen LogP contribution in [0.25, 0.3) is 0 Å². The van der Waals surface area contributed by atoms with Gasteiger partial charge in [-0.05, 0) is 39.2 Å². The summed E-state index contributed by atoms with van der Waals surface area (Å²) in [5, 5.41) is 8.69. The van der Waals surface area contributed by atoms with Crippen molar-refractivity contribution in [2.24, 2.45) is 5.10 Å². The lowest BCUT2D eigenvalue weighted by Crippen LogP contribution is -2.39. The number of benzene rings is 1. The smallest absolute Gasteiger partial charge is 0.259 e. The molecule has 29 heavy (non-hydrogen) atoms. The van der Waals surface area contributed by atoms with Crippen LogP contribution in [0.1, 0.15) is 53.8 Å². The molecule has 0 radical (unpaired) electrons. The molecule has 2 amide bonds. The minimum Gasteiger partial charge on any atom is -0.333 e. The molecular weight excluding hydrogens is 366 g/mol. The Hall–Kier alpha value is -2.96. The molecule has 1 saturated heterocycles. The fraction of sp³-hybridized carbons (Fsp3) is 0.455. The van der Waals surface area contributed by atoms with Gasteiger partial charge in [0.1, 0.15) is 6.54 Å². The van der Waals surface area contributed by atoms with Gasteiger partial charge in [-0.15, -0.1) is 0 Å². The Morgan fingerprint density at radius 2 is 1.93 bits per heavy atom. The minimum absolute atomic E-state index is 0.0469. The zero-order chi connectivity index (χ0) is 20.8. The Morgan fingerprint density at radius 3 is 2.69 bits per heavy atom. The topological polar surface area (TPSA) is 79.6 Å². The maximum atomic E-state index is 12.2. The lowest BCUT2D eigenvalue weighted by molar-refractivity contribution is -0.135. The van der Waals surface area contributed by atoms with E-state index in [1.165, 1.54) is 11.1 Å². The standard InChI is InChI=1S/C22H29N5O2/c1-16-8-10-19(11-9-16)14-27-18(3)20(17(2)25-27)13-23-24-21(28)15-26-12-6-4-5-7-22(26)29/h8-11,13H,4-7,12,14-15H2,1-3H3,(H,24,28)/b23-13-. The van der Waals surface area contributed by atoms with Crippen LogP contribution in [0.5, 0.6) is 0 Å². The van der Waals surface area contributed by atoms with Crippen LogP contribution in [0.4, 0.5) is 0 Å². The molecule has 1 aliphatic rings. The van der Waals surface area contributed by atoms with Crippen LogP contribution in [0, 0.1) is 20.8 Å². The van der Waals surface area contributed by atoms with Gasteiger partial charge >= 0.3 is 0 Å². The van der Waals surface area contributed by atoms with Gasteiger partial charge in [-0.1, -0.05) is 36.2 Å². The van der Waals surface area contributed by atoms with Crippen LogP contribution in [-0.4, -0.2) is 45.8 Å². The molecule has 1 aromatic heterocycles. The first-order chi connectivity index (χ1) is 13.9. The molecule has 0 saturated carbocycles. The number of nitrogens with zero attached hydrogens (tertiary/aromatic N) is 4. The molecule has 0 aliphatic carbocycles. The molecular formula is C22H29N5O2. The van der Waals surface area contributed by atoms with E-state index in [0.29, 0.717) is 19.5 Å². The number of carbonyl (C=O) groups excluding carboxylic acids is 2. The molecule has 7 heteroatoms. The maximum absolute atomic E-state index is 12.2. The molecule has 154 valence electrons. The summed E-state index contributed by atoms with van der Waals surface area (Å²) in [6, 6.07) is 8.38. The highest BCUT2D eigenvalue weighted by Gasteiger charge is 2.19. The van der Waals surface area contributed by atoms with Crippen molar-refractivity contribution >= 4 is 18.0 Å². The number of carbonyl (C=O) groups is 2. The normalized spacial score (nSPS) is 15.0. The Balaban J connectivity index is 1.60. The van der Waals surface area contributed by atoms with Crippen LogP contribution in [0.15, 0.2) is 29.4 Å². The number of aryl methyl sites for hydroxylation is 2. The maximum Gasteiger partial charge on any atom is 0.259 e. The lowest BCUT2D eigenvalue weighted by Gasteiger charge is -2.18. The molecule has 2 aromatic rings. The van der Waals surface area contributed by atoms with Crippen molar-refractivity contribution in [3.8, 4) is 0 Å². The van der Waals surface area contributed by atoms with Gasteiger partial charge in [0, 0.05) is 24.2 Å². The molecule has 0 spiro atoms. The average molecular weight is 396 g/mol. The number of amides is 2. The highest BCUT2D eigenvalue weighted by atomic mass is 16.2. The molecule has 3 rings (SSSR count). The number of rotatable bonds is 6. The zero-order valence-electron chi connectivity index (χ0n) is 17.4. The Labute approximate surface area is 171 Å². The number of hydrazone groups is 1. The van der Waals surface area contributed by atoms with Crippen molar-refractivity contribution in [3.63, 3.8) is 0 Å². The third-order valence-electron chi connectivity index (χ3n) is 5.28. The van der Waals surface area contributed by atoms with E-state index in [4.69, 9.17) is 0 Å². The van der Waals surface area contributed by atoms with Gasteiger partial charge in [-0.2, -0.15) is 10.2 Å². The molecule has 0 unspecified atom stereocenters. The first-order valence-corrected chi connectivity index (χ1v) is 10.1. The van der Waals surface area contributed by atoms with E-state index < -0.39 is 0 Å². The second-order valence-electron chi connectivity index (χ2n) is 7.65. The van der Waals surface area contributed by atoms with E-state index in [2.05, 4.69) is 46.8 Å². The number of aromatic nitrogens is 2. The van der Waals surface area contributed by atoms with Gasteiger partial charge in [-0.25, -0.2) is 5.43 Å². The predicted octanol–water partition coefficient (Wildman–Crippen LogP) is 2.71. The van der Waals surface area contributed by atoms with Crippen molar-refractivity contribution in [2.75, 3.05) is 13.1 Å². The third kappa shape index (κ3) is 5.53. The van der Waals surface area contributed by atoms with Crippen molar-refractivity contribution in [2.45, 2.75) is 53.0 Å². The van der Waals surface area contributed by atoms with Gasteiger partial charge in [0.05, 0.1) is 18.5 Å². The van der Waals surface area contributed by atoms with Crippen molar-refractivity contribution in [3.05, 3.63) is 52.3 Å². The Kier molecular flexibility index (Phi) is 6.80. The molecule has 1 N–H and O–H groups in total. The fourth-order valence-electron chi connectivity index (χ4n) is 3.50. The van der Waals surface area contributed by atoms with Gasteiger partial charge in [0.15, 0.2) is 0 Å². The fourth-order valence-corrected chi connectivity index (χ4v) is 3.50. The molecule has 2 heterocycles. The quantitative estimate of drug-likeness (QED) is 0.603. The monoisotopic (exact) mass is 395 g/mol. The first-order valence-electron chi connectivity index (χ1n) is 10.1. The summed E-state index contributed by atoms with van der Waals surface area (Å²) in [6.07, 6.45) is 5.04. The van der Waals surface area contributed by atoms with Gasteiger partial charge in [0.2, 0.25) is 5.91 Å². The van der Waals surface area contributed by atoms with Crippen molar-refractivity contribution < 1.29 is 9.59 Å². The molecule has 0 atom stereocenters. The van der Waals surface area contributed by atoms with Gasteiger partial charge < -0.3 is 4.90 Å². The average Bonchev–Trinajstić information content (AvgIpc) is 2.83. The van der Waals surface area contributed by atoms with Gasteiger partial charge in [0.25, 0.3) is 5.91 Å². The van der Waals surface area contributed by atoms with E-state index >= 15 is 0 Å². The van der Waals surface area contributed by atoms with Crippen molar-refractivity contribution in [1.82, 2.24) is 20.1 Å². The van der Waals surface area contributed by atoms with Crippen LogP contribution in [0.3, 0.4) is 0 Å². The zero-order valence-corrected chi connectivity index (χ0v) is 17.4. The van der Waals surface area contributed by atoms with Crippen molar-refractivity contribution in [1.29, 1.82) is 0 Å². The molecule has 0 bridgehead atoms. The lowest BCUT2D eigenvalue weighted by atomic mass is 10.1. The van der Waals surface area contributed by atoms with Crippen LogP contribution in [0.2, 0.25) is 0 Å². The van der Waals surface area contributed by atoms with E-state index in [-0.39, 0.29) is 18.4 Å². The summed E-state index contributed by atoms with van der Waals surface area (Å²) in [7, 11) is 0. The Morgan fingerprint density at radius 1 is 1.17 bits per heavy atom.